The lowest BCUT2D eigenvalue weighted by molar-refractivity contribution is -0.122. The van der Waals surface area contributed by atoms with Gasteiger partial charge in [-0.05, 0) is 43.2 Å². The van der Waals surface area contributed by atoms with Crippen LogP contribution in [0, 0.1) is 0 Å². The maximum Gasteiger partial charge on any atom is 0.289 e. The highest BCUT2D eigenvalue weighted by Crippen LogP contribution is 2.17. The number of piperidine rings is 1. The van der Waals surface area contributed by atoms with Gasteiger partial charge in [0.15, 0.2) is 5.76 Å². The molecular formula is C19H21ClN2O4. The van der Waals surface area contributed by atoms with Crippen molar-refractivity contribution in [1.29, 1.82) is 0 Å². The van der Waals surface area contributed by atoms with E-state index in [1.54, 1.807) is 41.3 Å². The van der Waals surface area contributed by atoms with Crippen molar-refractivity contribution < 1.29 is 18.7 Å². The van der Waals surface area contributed by atoms with E-state index in [4.69, 9.17) is 20.8 Å². The number of halogens is 1. The molecule has 1 aliphatic heterocycles. The summed E-state index contributed by atoms with van der Waals surface area (Å²) in [6, 6.07) is 10.5. The highest BCUT2D eigenvalue weighted by atomic mass is 35.5. The molecule has 2 aromatic rings. The zero-order valence-corrected chi connectivity index (χ0v) is 15.1. The van der Waals surface area contributed by atoms with Crippen molar-refractivity contribution in [2.45, 2.75) is 25.3 Å². The summed E-state index contributed by atoms with van der Waals surface area (Å²) >= 11 is 5.89. The van der Waals surface area contributed by atoms with Crippen LogP contribution in [0.3, 0.4) is 0 Å². The molecule has 0 spiro atoms. The fourth-order valence-corrected chi connectivity index (χ4v) is 3.08. The zero-order valence-electron chi connectivity index (χ0n) is 14.3. The molecule has 0 bridgehead atoms. The molecule has 2 amide bonds. The van der Waals surface area contributed by atoms with Gasteiger partial charge in [-0.25, -0.2) is 0 Å². The van der Waals surface area contributed by atoms with Crippen LogP contribution in [0.1, 0.15) is 29.8 Å². The summed E-state index contributed by atoms with van der Waals surface area (Å²) in [5.74, 6) is 0.846. The number of carbonyl (C=O) groups is 2. The van der Waals surface area contributed by atoms with E-state index in [2.05, 4.69) is 5.32 Å². The molecule has 0 saturated carbocycles. The minimum absolute atomic E-state index is 0.0529. The monoisotopic (exact) mass is 376 g/mol. The largest absolute Gasteiger partial charge is 0.493 e. The molecule has 0 unspecified atom stereocenters. The van der Waals surface area contributed by atoms with Crippen molar-refractivity contribution in [1.82, 2.24) is 10.2 Å². The maximum atomic E-state index is 12.2. The Labute approximate surface area is 157 Å². The van der Waals surface area contributed by atoms with Gasteiger partial charge in [-0.3, -0.25) is 9.59 Å². The van der Waals surface area contributed by atoms with Crippen LogP contribution < -0.4 is 10.1 Å². The molecule has 138 valence electrons. The number of hydrogen-bond donors (Lipinski definition) is 1. The smallest absolute Gasteiger partial charge is 0.289 e. The van der Waals surface area contributed by atoms with Crippen LogP contribution in [0.4, 0.5) is 0 Å². The quantitative estimate of drug-likeness (QED) is 0.840. The second-order valence-corrected chi connectivity index (χ2v) is 6.60. The van der Waals surface area contributed by atoms with Crippen molar-refractivity contribution in [3.63, 3.8) is 0 Å². The number of furan rings is 1. The second-order valence-electron chi connectivity index (χ2n) is 6.17. The number of likely N-dealkylation sites (tertiary alicyclic amines) is 1. The van der Waals surface area contributed by atoms with E-state index in [0.29, 0.717) is 36.2 Å². The third-order valence-electron chi connectivity index (χ3n) is 4.27. The molecule has 6 nitrogen and oxygen atoms in total. The molecule has 0 aliphatic carbocycles. The maximum absolute atomic E-state index is 12.2. The van der Waals surface area contributed by atoms with E-state index in [0.717, 1.165) is 12.8 Å². The van der Waals surface area contributed by atoms with Gasteiger partial charge in [0.25, 0.3) is 5.91 Å². The number of benzene rings is 1. The molecule has 2 heterocycles. The molecule has 0 atom stereocenters. The van der Waals surface area contributed by atoms with Gasteiger partial charge in [-0.1, -0.05) is 17.7 Å². The topological polar surface area (TPSA) is 71.8 Å². The van der Waals surface area contributed by atoms with Crippen molar-refractivity contribution >= 4 is 23.4 Å². The Morgan fingerprint density at radius 2 is 2.04 bits per heavy atom. The second kappa shape index (κ2) is 8.76. The summed E-state index contributed by atoms with van der Waals surface area (Å²) in [5.41, 5.74) is 0. The summed E-state index contributed by atoms with van der Waals surface area (Å²) in [6.45, 7) is 1.50. The van der Waals surface area contributed by atoms with E-state index in [9.17, 15) is 9.59 Å². The number of hydrogen-bond acceptors (Lipinski definition) is 4. The minimum Gasteiger partial charge on any atom is -0.493 e. The van der Waals surface area contributed by atoms with Crippen LogP contribution >= 0.6 is 11.6 Å². The van der Waals surface area contributed by atoms with Gasteiger partial charge >= 0.3 is 0 Å². The van der Waals surface area contributed by atoms with Crippen LogP contribution in [0.25, 0.3) is 0 Å². The molecule has 3 rings (SSSR count). The first-order valence-electron chi connectivity index (χ1n) is 8.62. The fourth-order valence-electron chi connectivity index (χ4n) is 2.90. The number of rotatable bonds is 6. The van der Waals surface area contributed by atoms with Crippen LogP contribution in [0.2, 0.25) is 5.02 Å². The molecule has 1 N–H and O–H groups in total. The summed E-state index contributed by atoms with van der Waals surface area (Å²) < 4.78 is 10.7. The lowest BCUT2D eigenvalue weighted by Crippen LogP contribution is -2.46. The van der Waals surface area contributed by atoms with E-state index in [-0.39, 0.29) is 24.3 Å². The lowest BCUT2D eigenvalue weighted by atomic mass is 10.0. The standard InChI is InChI=1S/C19H21ClN2O4/c20-14-3-1-4-16(13-14)25-12-8-18(23)21-15-6-9-22(10-7-15)19(24)17-5-2-11-26-17/h1-5,11,13,15H,6-10,12H2,(H,21,23). The molecule has 1 fully saturated rings. The normalized spacial score (nSPS) is 14.9. The molecule has 1 aromatic heterocycles. The average molecular weight is 377 g/mol. The molecule has 1 aromatic carbocycles. The van der Waals surface area contributed by atoms with Crippen molar-refractivity contribution in [3.8, 4) is 5.75 Å². The first-order chi connectivity index (χ1) is 12.6. The number of carbonyl (C=O) groups excluding carboxylic acids is 2. The van der Waals surface area contributed by atoms with Crippen molar-refractivity contribution in [3.05, 3.63) is 53.4 Å². The van der Waals surface area contributed by atoms with Gasteiger partial charge < -0.3 is 19.4 Å². The van der Waals surface area contributed by atoms with Gasteiger partial charge in [0.2, 0.25) is 5.91 Å². The highest BCUT2D eigenvalue weighted by molar-refractivity contribution is 6.30. The summed E-state index contributed by atoms with van der Waals surface area (Å²) in [6.07, 6.45) is 3.23. The Bertz CT molecular complexity index is 740. The van der Waals surface area contributed by atoms with Crippen molar-refractivity contribution in [2.75, 3.05) is 19.7 Å². The lowest BCUT2D eigenvalue weighted by Gasteiger charge is -2.31. The van der Waals surface area contributed by atoms with Crippen LogP contribution in [-0.2, 0) is 4.79 Å². The van der Waals surface area contributed by atoms with Crippen LogP contribution in [0.15, 0.2) is 47.1 Å². The van der Waals surface area contributed by atoms with Crippen molar-refractivity contribution in [2.24, 2.45) is 0 Å². The Balaban J connectivity index is 1.36. The minimum atomic E-state index is -0.102. The summed E-state index contributed by atoms with van der Waals surface area (Å²) in [5, 5.41) is 3.60. The van der Waals surface area contributed by atoms with E-state index >= 15 is 0 Å². The molecule has 1 aliphatic rings. The predicted octanol–water partition coefficient (Wildman–Crippen LogP) is 3.12. The number of amides is 2. The van der Waals surface area contributed by atoms with E-state index < -0.39 is 0 Å². The van der Waals surface area contributed by atoms with Gasteiger partial charge in [-0.15, -0.1) is 0 Å². The van der Waals surface area contributed by atoms with Crippen LogP contribution in [-0.4, -0.2) is 42.5 Å². The number of ether oxygens (including phenoxy) is 1. The SMILES string of the molecule is O=C(CCOc1cccc(Cl)c1)NC1CCN(C(=O)c2ccco2)CC1. The predicted molar refractivity (Wildman–Crippen MR) is 97.3 cm³/mol. The Morgan fingerprint density at radius 1 is 1.23 bits per heavy atom. The van der Waals surface area contributed by atoms with Crippen LogP contribution in [0.5, 0.6) is 5.75 Å². The summed E-state index contributed by atoms with van der Waals surface area (Å²) in [4.78, 5) is 26.0. The Kier molecular flexibility index (Phi) is 6.17. The molecule has 7 heteroatoms. The molecule has 26 heavy (non-hydrogen) atoms. The van der Waals surface area contributed by atoms with E-state index in [1.807, 2.05) is 0 Å². The zero-order chi connectivity index (χ0) is 18.4. The third-order valence-corrected chi connectivity index (χ3v) is 4.51. The highest BCUT2D eigenvalue weighted by Gasteiger charge is 2.25. The van der Waals surface area contributed by atoms with E-state index in [1.165, 1.54) is 6.26 Å². The Morgan fingerprint density at radius 3 is 2.73 bits per heavy atom. The van der Waals surface area contributed by atoms with Gasteiger partial charge in [0, 0.05) is 24.2 Å². The number of nitrogens with zero attached hydrogens (tertiary/aromatic N) is 1. The van der Waals surface area contributed by atoms with Gasteiger partial charge in [0.1, 0.15) is 5.75 Å². The average Bonchev–Trinajstić information content (AvgIpc) is 3.16. The number of nitrogens with one attached hydrogen (secondary N) is 1. The van der Waals surface area contributed by atoms with Gasteiger partial charge in [0.05, 0.1) is 19.3 Å². The Hall–Kier alpha value is -2.47. The van der Waals surface area contributed by atoms with Gasteiger partial charge in [-0.2, -0.15) is 0 Å². The summed E-state index contributed by atoms with van der Waals surface area (Å²) in [7, 11) is 0. The first-order valence-corrected chi connectivity index (χ1v) is 9.00. The molecule has 0 radical (unpaired) electrons. The fraction of sp³-hybridized carbons (Fsp3) is 0.368. The molecular weight excluding hydrogens is 356 g/mol. The first kappa shape index (κ1) is 18.3. The molecule has 1 saturated heterocycles. The third kappa shape index (κ3) is 5.02.